The van der Waals surface area contributed by atoms with Crippen molar-refractivity contribution < 1.29 is 33.8 Å². The first-order valence-electron chi connectivity index (χ1n) is 25.5. The van der Waals surface area contributed by atoms with E-state index in [1.54, 1.807) is 30.9 Å². The van der Waals surface area contributed by atoms with Crippen LogP contribution in [0.25, 0.3) is 43.7 Å². The molecule has 2 aliphatic carbocycles. The number of carbonyl (C=O) groups is 4. The van der Waals surface area contributed by atoms with Gasteiger partial charge in [0.05, 0.1) is 50.5 Å². The van der Waals surface area contributed by atoms with Crippen LogP contribution in [0, 0.1) is 23.7 Å². The van der Waals surface area contributed by atoms with Gasteiger partial charge in [-0.15, -0.1) is 22.7 Å². The van der Waals surface area contributed by atoms with Crippen LogP contribution in [0.5, 0.6) is 0 Å². The number of nitrogens with two attached hydrogens (primary N) is 1. The number of imidazole rings is 2. The molecule has 2 saturated carbocycles. The van der Waals surface area contributed by atoms with Crippen LogP contribution in [-0.2, 0) is 55.8 Å². The highest BCUT2D eigenvalue weighted by Gasteiger charge is 2.46. The van der Waals surface area contributed by atoms with Gasteiger partial charge in [-0.3, -0.25) is 42.2 Å². The number of hydrogen-bond acceptors (Lipinski definition) is 23. The predicted octanol–water partition coefficient (Wildman–Crippen LogP) is 1.08. The summed E-state index contributed by atoms with van der Waals surface area (Å²) in [6.45, 7) is 5.95. The molecule has 2 aliphatic heterocycles. The molecule has 8 aromatic heterocycles. The van der Waals surface area contributed by atoms with Crippen molar-refractivity contribution in [1.82, 2.24) is 67.3 Å². The minimum Gasteiger partial charge on any atom is -0.480 e. The molecule has 0 radical (unpaired) electrons. The smallest absolute Gasteiger partial charge is 0.332 e. The van der Waals surface area contributed by atoms with E-state index in [0.29, 0.717) is 22.3 Å². The normalized spacial score (nSPS) is 18.3. The molecule has 4 fully saturated rings. The Balaban J connectivity index is 0.000000151. The largest absolute Gasteiger partial charge is 0.480 e. The fourth-order valence-corrected chi connectivity index (χ4v) is 11.3. The van der Waals surface area contributed by atoms with E-state index in [2.05, 4.69) is 59.7 Å². The summed E-state index contributed by atoms with van der Waals surface area (Å²) in [7, 11) is 5.52. The maximum atomic E-state index is 13.2. The molecule has 4 aliphatic rings. The number of ether oxygens (including phenoxy) is 2. The zero-order chi connectivity index (χ0) is 57.6. The number of carboxylic acid groups (broad SMARTS) is 1. The molecule has 424 valence electrons. The molecule has 10 heterocycles. The second-order valence-corrected chi connectivity index (χ2v) is 21.9. The van der Waals surface area contributed by atoms with Gasteiger partial charge in [-0.25, -0.2) is 54.3 Å². The van der Waals surface area contributed by atoms with Gasteiger partial charge in [0.25, 0.3) is 11.1 Å². The summed E-state index contributed by atoms with van der Waals surface area (Å²) in [5.41, 5.74) is 4.28. The molecule has 0 aromatic carbocycles. The maximum absolute atomic E-state index is 13.2. The number of nitrogens with zero attached hydrogens (tertiary/aromatic N) is 16. The summed E-state index contributed by atoms with van der Waals surface area (Å²) in [6, 6.07) is -1.93. The van der Waals surface area contributed by atoms with Gasteiger partial charge in [0, 0.05) is 65.3 Å². The first-order valence-corrected chi connectivity index (χ1v) is 27.3. The van der Waals surface area contributed by atoms with Crippen molar-refractivity contribution in [2.24, 2.45) is 37.8 Å². The SMILES string of the molecule is COCC(=O)Cn1c(=O)c2c(ncn2[C@@H](C)C(=O)Nc2csc(-c3cnc(N4CC5CC5C4)cn3)n2)n(C)c1=O.COCC(=O)Cn1c(=O)c2c(ncn2[C@@H](C)C(=O)O)n(C)c1=O.Nc1csc(-c2cnc(N3CC4CC4C3)cn2)n1. The molecular weight excluding hydrogens is 1090 g/mol. The Morgan fingerprint density at radius 1 is 0.654 bits per heavy atom. The molecule has 4 unspecified atom stereocenters. The van der Waals surface area contributed by atoms with Gasteiger partial charge in [-0.2, -0.15) is 0 Å². The van der Waals surface area contributed by atoms with Crippen molar-refractivity contribution in [3.63, 3.8) is 0 Å². The van der Waals surface area contributed by atoms with Crippen LogP contribution in [0.2, 0.25) is 0 Å². The number of aromatic nitrogens is 14. The number of anilines is 4. The van der Waals surface area contributed by atoms with Gasteiger partial charge in [0.1, 0.15) is 70.0 Å². The van der Waals surface area contributed by atoms with E-state index < -0.39 is 71.1 Å². The van der Waals surface area contributed by atoms with Gasteiger partial charge in [0.15, 0.2) is 33.9 Å². The average Bonchev–Trinajstić information content (AvgIpc) is 3.87. The lowest BCUT2D eigenvalue weighted by Gasteiger charge is -2.18. The monoisotopic (exact) mass is 1150 g/mol. The van der Waals surface area contributed by atoms with E-state index in [9.17, 15) is 38.4 Å². The van der Waals surface area contributed by atoms with Crippen LogP contribution in [-0.4, -0.2) is 149 Å². The van der Waals surface area contributed by atoms with Gasteiger partial charge < -0.3 is 44.6 Å². The average molecular weight is 1150 g/mol. The second-order valence-electron chi connectivity index (χ2n) is 20.2. The number of carbonyl (C=O) groups excluding carboxylic acids is 3. The number of nitrogen functional groups attached to an aromatic ring is 1. The Morgan fingerprint density at radius 3 is 1.51 bits per heavy atom. The Hall–Kier alpha value is -8.68. The number of carboxylic acids is 1. The van der Waals surface area contributed by atoms with Crippen LogP contribution in [0.4, 0.5) is 23.3 Å². The van der Waals surface area contributed by atoms with Crippen molar-refractivity contribution in [1.29, 1.82) is 0 Å². The van der Waals surface area contributed by atoms with Crippen LogP contribution in [0.15, 0.2) is 67.4 Å². The minimum atomic E-state index is -1.15. The number of rotatable bonds is 17. The number of Topliss-reactive ketones (excluding diaryl/α,β-unsaturated/α-hetero) is 2. The molecule has 8 aromatic rings. The third-order valence-corrected chi connectivity index (χ3v) is 16.3. The van der Waals surface area contributed by atoms with E-state index in [0.717, 1.165) is 90.5 Å². The van der Waals surface area contributed by atoms with E-state index in [1.807, 2.05) is 11.6 Å². The minimum absolute atomic E-state index is 0.0274. The lowest BCUT2D eigenvalue weighted by Crippen LogP contribution is -2.42. The molecule has 0 bridgehead atoms. The summed E-state index contributed by atoms with van der Waals surface area (Å²) in [5, 5.41) is 16.8. The molecule has 12 rings (SSSR count). The van der Waals surface area contributed by atoms with E-state index in [1.165, 1.54) is 92.5 Å². The Kier molecular flexibility index (Phi) is 15.7. The van der Waals surface area contributed by atoms with Gasteiger partial charge in [0.2, 0.25) is 5.91 Å². The molecule has 1 amide bonds. The molecule has 0 spiro atoms. The number of aliphatic carboxylic acids is 1. The third kappa shape index (κ3) is 11.4. The first kappa shape index (κ1) is 55.6. The van der Waals surface area contributed by atoms with E-state index >= 15 is 0 Å². The number of ketones is 2. The highest BCUT2D eigenvalue weighted by Crippen LogP contribution is 2.46. The quantitative estimate of drug-likeness (QED) is 0.115. The summed E-state index contributed by atoms with van der Waals surface area (Å²) in [6.07, 6.45) is 12.3. The number of amides is 1. The summed E-state index contributed by atoms with van der Waals surface area (Å²) < 4.78 is 15.9. The van der Waals surface area contributed by atoms with Gasteiger partial charge in [-0.1, -0.05) is 0 Å². The Morgan fingerprint density at radius 2 is 1.10 bits per heavy atom. The van der Waals surface area contributed by atoms with Crippen molar-refractivity contribution in [2.75, 3.05) is 74.5 Å². The maximum Gasteiger partial charge on any atom is 0.332 e. The number of thiazole rings is 2. The first-order chi connectivity index (χ1) is 38.8. The highest BCUT2D eigenvalue weighted by atomic mass is 32.1. The topological polar surface area (TPSA) is 352 Å². The predicted molar refractivity (Wildman–Crippen MR) is 296 cm³/mol. The van der Waals surface area contributed by atoms with Crippen LogP contribution >= 0.6 is 22.7 Å². The van der Waals surface area contributed by atoms with Crippen molar-refractivity contribution in [2.45, 2.75) is 51.9 Å². The lowest BCUT2D eigenvalue weighted by molar-refractivity contribution is -0.140. The van der Waals surface area contributed by atoms with Crippen LogP contribution in [0.1, 0.15) is 38.8 Å². The van der Waals surface area contributed by atoms with Crippen LogP contribution in [0.3, 0.4) is 0 Å². The van der Waals surface area contributed by atoms with Crippen molar-refractivity contribution in [3.8, 4) is 21.4 Å². The third-order valence-electron chi connectivity index (χ3n) is 14.6. The van der Waals surface area contributed by atoms with Crippen molar-refractivity contribution in [3.05, 3.63) is 89.9 Å². The molecule has 6 atom stereocenters. The second kappa shape index (κ2) is 22.8. The number of piperidine rings is 2. The fraction of sp³-hybridized carbons (Fsp3) is 0.440. The molecule has 31 heteroatoms. The summed E-state index contributed by atoms with van der Waals surface area (Å²) >= 11 is 2.82. The number of methoxy groups -OCH3 is 2. The zero-order valence-electron chi connectivity index (χ0n) is 44.7. The molecule has 29 nitrogen and oxygen atoms in total. The van der Waals surface area contributed by atoms with Gasteiger partial charge in [-0.05, 0) is 50.4 Å². The number of fused-ring (bicyclic) bond motifs is 4. The number of aryl methyl sites for hydroxylation is 2. The fourth-order valence-electron chi connectivity index (χ4n) is 9.90. The highest BCUT2D eigenvalue weighted by molar-refractivity contribution is 7.13. The van der Waals surface area contributed by atoms with Crippen molar-refractivity contribution >= 4 is 91.7 Å². The summed E-state index contributed by atoms with van der Waals surface area (Å²) in [4.78, 5) is 138. The summed E-state index contributed by atoms with van der Waals surface area (Å²) in [5.74, 6) is 3.64. The van der Waals surface area contributed by atoms with E-state index in [-0.39, 0.29) is 35.5 Å². The Bertz CT molecular complexity index is 3950. The van der Waals surface area contributed by atoms with Crippen LogP contribution < -0.4 is 43.3 Å². The number of hydrogen-bond donors (Lipinski definition) is 3. The van der Waals surface area contributed by atoms with Gasteiger partial charge >= 0.3 is 17.3 Å². The molecular formula is C50H56N18O11S2. The van der Waals surface area contributed by atoms with E-state index in [4.69, 9.17) is 15.6 Å². The standard InChI is InChI=1S/C25H27N9O5S.C13H16N4O6.C12H13N5S/c1-13(34-12-28-21-20(34)24(37)33(25(38)31(21)2)9-16(35)10-39-3)22(36)29-18-11-40-23(30-18)17-5-27-19(6-26-17)32-7-14-4-15(14)8-32;1-7(12(20)21)17-6-14-10-9(17)11(19)16(13(22)15(10)2)4-8(18)5-23-3;13-10-6-18-12(16-10)9-2-15-11(3-14-9)17-4-7-1-8(7)5-17/h5-6,11-15H,4,7-10H2,1-3H3,(H,29,36);6-7H,4-5H2,1-3H3,(H,20,21);2-3,6-8H,1,4-5,13H2/t13-,14?,15?;7-;/m00./s1. The lowest BCUT2D eigenvalue weighted by atomic mass is 10.3. The molecule has 2 saturated heterocycles. The Labute approximate surface area is 466 Å². The molecule has 4 N–H and O–H groups in total. The molecule has 81 heavy (non-hydrogen) atoms. The zero-order valence-corrected chi connectivity index (χ0v) is 46.4. The number of nitrogens with one attached hydrogen (secondary N) is 1.